The lowest BCUT2D eigenvalue weighted by molar-refractivity contribution is -0.276. The van der Waals surface area contributed by atoms with Gasteiger partial charge in [0.1, 0.15) is 18.8 Å². The van der Waals surface area contributed by atoms with E-state index in [1.165, 1.54) is 0 Å². The van der Waals surface area contributed by atoms with Gasteiger partial charge in [0.05, 0.1) is 0 Å². The van der Waals surface area contributed by atoms with Crippen LogP contribution in [0.15, 0.2) is 0 Å². The fraction of sp³-hybridized carbons (Fsp3) is 0.647. The van der Waals surface area contributed by atoms with Crippen LogP contribution in [0.3, 0.4) is 0 Å². The molecule has 29 heavy (non-hydrogen) atoms. The maximum atomic E-state index is 11.7. The van der Waals surface area contributed by atoms with Crippen molar-refractivity contribution in [1.29, 1.82) is 5.26 Å². The summed E-state index contributed by atoms with van der Waals surface area (Å²) in [7, 11) is 0. The van der Waals surface area contributed by atoms with Gasteiger partial charge in [-0.25, -0.2) is 0 Å². The summed E-state index contributed by atoms with van der Waals surface area (Å²) in [5.41, 5.74) is -2.32. The lowest BCUT2D eigenvalue weighted by atomic mass is 9.90. The summed E-state index contributed by atoms with van der Waals surface area (Å²) < 4.78 is 25.9. The van der Waals surface area contributed by atoms with Gasteiger partial charge in [-0.15, -0.1) is 0 Å². The number of carbonyl (C=O) groups is 5. The average molecular weight is 414 g/mol. The smallest absolute Gasteiger partial charge is 0.303 e. The molecule has 0 saturated carbocycles. The highest BCUT2D eigenvalue weighted by Gasteiger charge is 2.61. The second-order valence-electron chi connectivity index (χ2n) is 6.17. The van der Waals surface area contributed by atoms with Crippen LogP contribution in [0.2, 0.25) is 0 Å². The van der Waals surface area contributed by atoms with Crippen molar-refractivity contribution in [2.45, 2.75) is 64.8 Å². The molecule has 1 aliphatic heterocycles. The molecule has 1 heterocycles. The number of rotatable bonds is 6. The zero-order valence-electron chi connectivity index (χ0n) is 16.5. The summed E-state index contributed by atoms with van der Waals surface area (Å²) in [5.74, 6) is -3.99. The van der Waals surface area contributed by atoms with Crippen LogP contribution in [0.1, 0.15) is 34.6 Å². The maximum Gasteiger partial charge on any atom is 0.303 e. The van der Waals surface area contributed by atoms with Crippen LogP contribution in [0.25, 0.3) is 0 Å². The summed E-state index contributed by atoms with van der Waals surface area (Å²) in [4.78, 5) is 57.8. The van der Waals surface area contributed by atoms with E-state index >= 15 is 0 Å². The SMILES string of the molecule is CC(=O)N[C@]1(C#N)O[C@H](COC(C)=O)[C@@H](OC(C)=O)[C@H](OC(C)=O)[C@H]1OC(C)=O. The van der Waals surface area contributed by atoms with Gasteiger partial charge in [-0.2, -0.15) is 5.26 Å². The van der Waals surface area contributed by atoms with Crippen molar-refractivity contribution in [3.05, 3.63) is 0 Å². The molecule has 160 valence electrons. The lowest BCUT2D eigenvalue weighted by Gasteiger charge is -2.47. The average Bonchev–Trinajstić information content (AvgIpc) is 2.57. The molecule has 0 aromatic heterocycles. The number of nitrogens with zero attached hydrogens (tertiary/aromatic N) is 1. The number of nitrogens with one attached hydrogen (secondary N) is 1. The Morgan fingerprint density at radius 3 is 1.83 bits per heavy atom. The Balaban J connectivity index is 3.56. The van der Waals surface area contributed by atoms with E-state index in [4.69, 9.17) is 23.7 Å². The first-order chi connectivity index (χ1) is 13.4. The molecule has 5 atom stereocenters. The van der Waals surface area contributed by atoms with Crippen molar-refractivity contribution >= 4 is 29.8 Å². The number of carbonyl (C=O) groups excluding carboxylic acids is 5. The first kappa shape index (κ1) is 23.8. The zero-order chi connectivity index (χ0) is 22.4. The molecule has 12 nitrogen and oxygen atoms in total. The van der Waals surface area contributed by atoms with Crippen LogP contribution in [0, 0.1) is 11.3 Å². The van der Waals surface area contributed by atoms with E-state index in [9.17, 15) is 29.2 Å². The van der Waals surface area contributed by atoms with Crippen LogP contribution in [-0.4, -0.2) is 66.5 Å². The molecule has 0 unspecified atom stereocenters. The van der Waals surface area contributed by atoms with Gasteiger partial charge in [0.2, 0.25) is 12.0 Å². The molecule has 1 fully saturated rings. The van der Waals surface area contributed by atoms with Crippen molar-refractivity contribution in [1.82, 2.24) is 5.32 Å². The van der Waals surface area contributed by atoms with Crippen molar-refractivity contribution in [2.75, 3.05) is 6.61 Å². The summed E-state index contributed by atoms with van der Waals surface area (Å²) in [5, 5.41) is 12.0. The van der Waals surface area contributed by atoms with Gasteiger partial charge in [-0.3, -0.25) is 24.0 Å². The standard InChI is InChI=1S/C17H22N2O10/c1-8(20)19-17(7-18)16(28-12(5)24)15(27-11(4)23)14(26-10(3)22)13(29-17)6-25-9(2)21/h13-16H,6H2,1-5H3,(H,19,20)/t13-,14-,15+,16-,17-/m1/s1. The lowest BCUT2D eigenvalue weighted by Crippen LogP contribution is -2.72. The third-order valence-electron chi connectivity index (χ3n) is 3.60. The number of ether oxygens (including phenoxy) is 5. The van der Waals surface area contributed by atoms with E-state index in [1.807, 2.05) is 0 Å². The molecular formula is C17H22N2O10. The van der Waals surface area contributed by atoms with Crippen molar-refractivity contribution < 1.29 is 47.7 Å². The van der Waals surface area contributed by atoms with E-state index in [-0.39, 0.29) is 0 Å². The van der Waals surface area contributed by atoms with Crippen molar-refractivity contribution in [3.8, 4) is 6.07 Å². The summed E-state index contributed by atoms with van der Waals surface area (Å²) >= 11 is 0. The van der Waals surface area contributed by atoms with Crippen molar-refractivity contribution in [2.24, 2.45) is 0 Å². The summed E-state index contributed by atoms with van der Waals surface area (Å²) in [6, 6.07) is 1.70. The molecule has 0 aromatic carbocycles. The monoisotopic (exact) mass is 414 g/mol. The second-order valence-corrected chi connectivity index (χ2v) is 6.17. The van der Waals surface area contributed by atoms with E-state index in [2.05, 4.69) is 5.32 Å². The molecule has 1 rings (SSSR count). The minimum absolute atomic E-state index is 0.513. The first-order valence-electron chi connectivity index (χ1n) is 8.44. The molecule has 1 amide bonds. The van der Waals surface area contributed by atoms with Crippen molar-refractivity contribution in [3.63, 3.8) is 0 Å². The molecular weight excluding hydrogens is 392 g/mol. The minimum atomic E-state index is -2.32. The quantitative estimate of drug-likeness (QED) is 0.422. The predicted octanol–water partition coefficient (Wildman–Crippen LogP) is -0.901. The zero-order valence-corrected chi connectivity index (χ0v) is 16.5. The maximum absolute atomic E-state index is 11.7. The molecule has 1 N–H and O–H groups in total. The highest BCUT2D eigenvalue weighted by Crippen LogP contribution is 2.34. The molecule has 0 bridgehead atoms. The molecule has 12 heteroatoms. The number of hydrogen-bond acceptors (Lipinski definition) is 11. The van der Waals surface area contributed by atoms with Crippen LogP contribution in [0.5, 0.6) is 0 Å². The number of amides is 1. The third-order valence-corrected chi connectivity index (χ3v) is 3.60. The highest BCUT2D eigenvalue weighted by atomic mass is 16.7. The van der Waals surface area contributed by atoms with E-state index in [0.29, 0.717) is 0 Å². The predicted molar refractivity (Wildman–Crippen MR) is 90.3 cm³/mol. The highest BCUT2D eigenvalue weighted by molar-refractivity contribution is 5.75. The largest absolute Gasteiger partial charge is 0.463 e. The number of esters is 4. The summed E-state index contributed by atoms with van der Waals surface area (Å²) in [6.07, 6.45) is -6.02. The van der Waals surface area contributed by atoms with Gasteiger partial charge in [0.15, 0.2) is 12.2 Å². The molecule has 0 aliphatic carbocycles. The van der Waals surface area contributed by atoms with Gasteiger partial charge >= 0.3 is 23.9 Å². The molecule has 0 spiro atoms. The van der Waals surface area contributed by atoms with Gasteiger partial charge in [0, 0.05) is 34.6 Å². The first-order valence-corrected chi connectivity index (χ1v) is 8.44. The van der Waals surface area contributed by atoms with Crippen LogP contribution in [-0.2, 0) is 47.7 Å². The summed E-state index contributed by atoms with van der Waals surface area (Å²) in [6.45, 7) is 4.80. The van der Waals surface area contributed by atoms with E-state index < -0.39 is 66.5 Å². The fourth-order valence-electron chi connectivity index (χ4n) is 2.78. The topological polar surface area (TPSA) is 167 Å². The van der Waals surface area contributed by atoms with Gasteiger partial charge < -0.3 is 29.0 Å². The number of nitriles is 1. The number of hydrogen-bond donors (Lipinski definition) is 1. The van der Waals surface area contributed by atoms with Crippen LogP contribution >= 0.6 is 0 Å². The Bertz CT molecular complexity index is 730. The fourth-order valence-corrected chi connectivity index (χ4v) is 2.78. The van der Waals surface area contributed by atoms with Crippen LogP contribution < -0.4 is 5.32 Å². The molecule has 1 aliphatic rings. The Morgan fingerprint density at radius 2 is 1.41 bits per heavy atom. The second kappa shape index (κ2) is 9.83. The molecule has 1 saturated heterocycles. The van der Waals surface area contributed by atoms with E-state index in [1.54, 1.807) is 6.07 Å². The Kier molecular flexibility index (Phi) is 8.08. The van der Waals surface area contributed by atoms with Gasteiger partial charge in [0.25, 0.3) is 5.72 Å². The molecule has 0 aromatic rings. The minimum Gasteiger partial charge on any atom is -0.463 e. The van der Waals surface area contributed by atoms with Gasteiger partial charge in [-0.05, 0) is 0 Å². The molecule has 0 radical (unpaired) electrons. The Hall–Kier alpha value is -3.20. The van der Waals surface area contributed by atoms with Gasteiger partial charge in [-0.1, -0.05) is 0 Å². The van der Waals surface area contributed by atoms with E-state index in [0.717, 1.165) is 34.6 Å². The Morgan fingerprint density at radius 1 is 0.897 bits per heavy atom. The van der Waals surface area contributed by atoms with Crippen LogP contribution in [0.4, 0.5) is 0 Å². The normalized spacial score (nSPS) is 28.3. The third kappa shape index (κ3) is 6.42. The Labute approximate surface area is 166 Å².